The molecule has 1 saturated carbocycles. The molecule has 128 valence electrons. The van der Waals surface area contributed by atoms with E-state index in [2.05, 4.69) is 10.6 Å². The molecular formula is C16H31N3O3. The van der Waals surface area contributed by atoms with Gasteiger partial charge in [0.15, 0.2) is 0 Å². The minimum absolute atomic E-state index is 0.173. The monoisotopic (exact) mass is 313 g/mol. The summed E-state index contributed by atoms with van der Waals surface area (Å²) in [7, 11) is 0. The van der Waals surface area contributed by atoms with Crippen molar-refractivity contribution in [1.82, 2.24) is 10.6 Å². The van der Waals surface area contributed by atoms with Gasteiger partial charge in [0.05, 0.1) is 0 Å². The zero-order valence-electron chi connectivity index (χ0n) is 14.1. The van der Waals surface area contributed by atoms with E-state index in [1.54, 1.807) is 0 Å². The summed E-state index contributed by atoms with van der Waals surface area (Å²) < 4.78 is 5.30. The van der Waals surface area contributed by atoms with E-state index >= 15 is 0 Å². The molecule has 0 aromatic heterocycles. The number of hydrogen-bond donors (Lipinski definition) is 3. The average molecular weight is 313 g/mol. The highest BCUT2D eigenvalue weighted by molar-refractivity contribution is 5.73. The minimum atomic E-state index is -0.461. The second-order valence-corrected chi connectivity index (χ2v) is 7.08. The first kappa shape index (κ1) is 18.7. The maximum Gasteiger partial charge on any atom is 0.407 e. The van der Waals surface area contributed by atoms with Gasteiger partial charge in [0, 0.05) is 18.5 Å². The highest BCUT2D eigenvalue weighted by Gasteiger charge is 2.25. The number of alkyl carbamates (subject to hydrolysis) is 1. The van der Waals surface area contributed by atoms with Crippen LogP contribution in [0.2, 0.25) is 0 Å². The fourth-order valence-electron chi connectivity index (χ4n) is 2.71. The van der Waals surface area contributed by atoms with Crippen molar-refractivity contribution in [2.75, 3.05) is 6.54 Å². The van der Waals surface area contributed by atoms with Crippen LogP contribution in [0.4, 0.5) is 4.79 Å². The highest BCUT2D eigenvalue weighted by atomic mass is 16.6. The summed E-state index contributed by atoms with van der Waals surface area (Å²) in [4.78, 5) is 22.5. The predicted molar refractivity (Wildman–Crippen MR) is 86.5 cm³/mol. The van der Waals surface area contributed by atoms with Gasteiger partial charge in [-0.2, -0.15) is 0 Å². The Morgan fingerprint density at radius 1 is 1.18 bits per heavy atom. The molecule has 0 saturated heterocycles. The fraction of sp³-hybridized carbons (Fsp3) is 0.875. The molecule has 1 aliphatic carbocycles. The molecule has 0 aliphatic heterocycles. The first-order valence-corrected chi connectivity index (χ1v) is 8.27. The second kappa shape index (κ2) is 8.98. The summed E-state index contributed by atoms with van der Waals surface area (Å²) in [6.45, 7) is 6.48. The van der Waals surface area contributed by atoms with Gasteiger partial charge >= 0.3 is 6.09 Å². The summed E-state index contributed by atoms with van der Waals surface area (Å²) in [5.41, 5.74) is 4.65. The molecule has 0 aromatic carbocycles. The molecule has 0 radical (unpaired) electrons. The van der Waals surface area contributed by atoms with E-state index in [1.807, 2.05) is 20.8 Å². The van der Waals surface area contributed by atoms with Crippen LogP contribution < -0.4 is 16.4 Å². The van der Waals surface area contributed by atoms with Crippen molar-refractivity contribution in [3.8, 4) is 0 Å². The Labute approximate surface area is 133 Å². The maximum absolute atomic E-state index is 11.8. The molecule has 22 heavy (non-hydrogen) atoms. The normalized spacial score (nSPS) is 22.1. The Bertz CT molecular complexity index is 366. The lowest BCUT2D eigenvalue weighted by Crippen LogP contribution is -2.45. The van der Waals surface area contributed by atoms with Crippen molar-refractivity contribution in [3.63, 3.8) is 0 Å². The van der Waals surface area contributed by atoms with Gasteiger partial charge < -0.3 is 21.1 Å². The first-order chi connectivity index (χ1) is 10.3. The quantitative estimate of drug-likeness (QED) is 0.627. The Morgan fingerprint density at radius 3 is 2.50 bits per heavy atom. The van der Waals surface area contributed by atoms with E-state index in [1.165, 1.54) is 0 Å². The van der Waals surface area contributed by atoms with Crippen molar-refractivity contribution < 1.29 is 14.3 Å². The largest absolute Gasteiger partial charge is 0.444 e. The fourth-order valence-corrected chi connectivity index (χ4v) is 2.71. The van der Waals surface area contributed by atoms with Crippen LogP contribution in [0.15, 0.2) is 0 Å². The van der Waals surface area contributed by atoms with Crippen LogP contribution in [0, 0.1) is 0 Å². The number of nitrogens with one attached hydrogen (secondary N) is 2. The summed E-state index contributed by atoms with van der Waals surface area (Å²) in [5, 5.41) is 6.46. The number of hydrogen-bond acceptors (Lipinski definition) is 4. The molecule has 2 atom stereocenters. The molecule has 0 aromatic rings. The van der Waals surface area contributed by atoms with Crippen molar-refractivity contribution in [3.05, 3.63) is 0 Å². The third kappa shape index (κ3) is 8.87. The summed E-state index contributed by atoms with van der Waals surface area (Å²) >= 11 is 0. The van der Waals surface area contributed by atoms with Gasteiger partial charge in [-0.1, -0.05) is 0 Å². The lowest BCUT2D eigenvalue weighted by molar-refractivity contribution is -0.118. The number of amides is 2. The van der Waals surface area contributed by atoms with Crippen molar-refractivity contribution in [2.24, 2.45) is 5.73 Å². The third-order valence-corrected chi connectivity index (χ3v) is 3.68. The maximum atomic E-state index is 11.8. The third-order valence-electron chi connectivity index (χ3n) is 3.68. The smallest absolute Gasteiger partial charge is 0.407 e. The number of ether oxygens (including phenoxy) is 1. The molecule has 2 unspecified atom stereocenters. The lowest BCUT2D eigenvalue weighted by atomic mass is 9.91. The van der Waals surface area contributed by atoms with Crippen molar-refractivity contribution >= 4 is 12.0 Å². The summed E-state index contributed by atoms with van der Waals surface area (Å²) in [6, 6.07) is 0.592. The zero-order valence-corrected chi connectivity index (χ0v) is 14.1. The Kier molecular flexibility index (Phi) is 7.65. The van der Waals surface area contributed by atoms with Gasteiger partial charge in [-0.15, -0.1) is 0 Å². The topological polar surface area (TPSA) is 93.4 Å². The van der Waals surface area contributed by atoms with Crippen LogP contribution in [0.3, 0.4) is 0 Å². The molecule has 0 heterocycles. The van der Waals surface area contributed by atoms with Crippen molar-refractivity contribution in [2.45, 2.75) is 83.4 Å². The van der Waals surface area contributed by atoms with Crippen LogP contribution in [0.1, 0.15) is 65.7 Å². The van der Waals surface area contributed by atoms with E-state index in [-0.39, 0.29) is 18.0 Å². The molecule has 6 heteroatoms. The summed E-state index contributed by atoms with van der Waals surface area (Å²) in [5.74, 6) is -0.237. The van der Waals surface area contributed by atoms with E-state index in [0.29, 0.717) is 12.5 Å². The van der Waals surface area contributed by atoms with Gasteiger partial charge in [-0.05, 0) is 65.8 Å². The van der Waals surface area contributed by atoms with Gasteiger partial charge in [-0.25, -0.2) is 4.79 Å². The van der Waals surface area contributed by atoms with Crippen molar-refractivity contribution in [1.29, 1.82) is 0 Å². The van der Waals surface area contributed by atoms with E-state index in [4.69, 9.17) is 10.5 Å². The van der Waals surface area contributed by atoms with Crippen LogP contribution in [-0.2, 0) is 9.53 Å². The van der Waals surface area contributed by atoms with Gasteiger partial charge in [0.25, 0.3) is 0 Å². The first-order valence-electron chi connectivity index (χ1n) is 8.27. The molecule has 0 bridgehead atoms. The van der Waals surface area contributed by atoms with Crippen LogP contribution in [0.5, 0.6) is 0 Å². The molecular weight excluding hydrogens is 282 g/mol. The molecule has 4 N–H and O–H groups in total. The Morgan fingerprint density at radius 2 is 1.86 bits per heavy atom. The SMILES string of the molecule is CC(C)(C)OC(=O)NC1CCCC(NCCCCC(N)=O)C1. The average Bonchev–Trinajstić information content (AvgIpc) is 2.36. The second-order valence-electron chi connectivity index (χ2n) is 7.08. The van der Waals surface area contributed by atoms with Crippen LogP contribution in [-0.4, -0.2) is 36.2 Å². The Balaban J connectivity index is 2.21. The van der Waals surface area contributed by atoms with Gasteiger partial charge in [0.2, 0.25) is 5.91 Å². The van der Waals surface area contributed by atoms with Gasteiger partial charge in [-0.3, -0.25) is 4.79 Å². The highest BCUT2D eigenvalue weighted by Crippen LogP contribution is 2.19. The van der Waals surface area contributed by atoms with E-state index in [0.717, 1.165) is 45.1 Å². The van der Waals surface area contributed by atoms with Crippen LogP contribution >= 0.6 is 0 Å². The molecule has 0 spiro atoms. The van der Waals surface area contributed by atoms with Crippen LogP contribution in [0.25, 0.3) is 0 Å². The standard InChI is InChI=1S/C16H31N3O3/c1-16(2,3)22-15(21)19-13-8-6-7-12(11-13)18-10-5-4-9-14(17)20/h12-13,18H,4-11H2,1-3H3,(H2,17,20)(H,19,21). The summed E-state index contributed by atoms with van der Waals surface area (Å²) in [6.07, 6.45) is 6.04. The molecule has 1 rings (SSSR count). The molecule has 2 amide bonds. The van der Waals surface area contributed by atoms with Gasteiger partial charge in [0.1, 0.15) is 5.60 Å². The number of primary amides is 1. The lowest BCUT2D eigenvalue weighted by Gasteiger charge is -2.31. The number of rotatable bonds is 7. The predicted octanol–water partition coefficient (Wildman–Crippen LogP) is 2.07. The van der Waals surface area contributed by atoms with E-state index in [9.17, 15) is 9.59 Å². The van der Waals surface area contributed by atoms with E-state index < -0.39 is 5.60 Å². The number of unbranched alkanes of at least 4 members (excludes halogenated alkanes) is 1. The number of nitrogens with two attached hydrogens (primary N) is 1. The number of carbonyl (C=O) groups excluding carboxylic acids is 2. The molecule has 1 aliphatic rings. The minimum Gasteiger partial charge on any atom is -0.444 e. The number of carbonyl (C=O) groups is 2. The molecule has 1 fully saturated rings. The Hall–Kier alpha value is -1.30. The zero-order chi connectivity index (χ0) is 16.6. The molecule has 6 nitrogen and oxygen atoms in total.